The number of nitrogens with zero attached hydrogens (tertiary/aromatic N) is 1. The molecule has 0 fully saturated rings. The van der Waals surface area contributed by atoms with E-state index in [0.717, 1.165) is 0 Å². The molecule has 0 saturated carbocycles. The predicted octanol–water partition coefficient (Wildman–Crippen LogP) is 5.82. The van der Waals surface area contributed by atoms with Crippen LogP contribution in [0.4, 0.5) is 11.4 Å². The smallest absolute Gasteiger partial charge is 0.266 e. The second-order valence-corrected chi connectivity index (χ2v) is 8.74. The molecule has 202 valence electrons. The van der Waals surface area contributed by atoms with Crippen molar-refractivity contribution in [3.63, 3.8) is 0 Å². The summed E-state index contributed by atoms with van der Waals surface area (Å²) in [7, 11) is 1.52. The van der Waals surface area contributed by atoms with Crippen LogP contribution >= 0.6 is 15.9 Å². The first kappa shape index (κ1) is 29.1. The van der Waals surface area contributed by atoms with E-state index in [4.69, 9.17) is 18.9 Å². The van der Waals surface area contributed by atoms with Crippen molar-refractivity contribution in [1.82, 2.24) is 0 Å². The molecule has 3 aromatic carbocycles. The standard InChI is InChI=1S/C29H28BrN3O6/c1-4-37-22-12-10-21(11-13-22)32-29(35)20(17-31)14-19-15-23(30)28(26(16-19)38-5-2)39-18-27(34)33-24-8-6-7-9-25(24)36-3/h6-16H,4-5,18H2,1-3H3,(H,32,35)(H,33,34)/b20-14+. The van der Waals surface area contributed by atoms with Crippen LogP contribution in [0.25, 0.3) is 6.08 Å². The van der Waals surface area contributed by atoms with Crippen molar-refractivity contribution >= 4 is 45.2 Å². The third-order valence-corrected chi connectivity index (χ3v) is 5.75. The summed E-state index contributed by atoms with van der Waals surface area (Å²) >= 11 is 3.45. The first-order chi connectivity index (χ1) is 18.9. The maximum absolute atomic E-state index is 12.7. The van der Waals surface area contributed by atoms with Gasteiger partial charge in [-0.1, -0.05) is 12.1 Å². The molecule has 0 saturated heterocycles. The maximum atomic E-state index is 12.7. The Morgan fingerprint density at radius 2 is 1.67 bits per heavy atom. The number of nitriles is 1. The molecular weight excluding hydrogens is 566 g/mol. The third kappa shape index (κ3) is 8.25. The molecule has 10 heteroatoms. The van der Waals surface area contributed by atoms with Gasteiger partial charge in [-0.05, 0) is 89.9 Å². The largest absolute Gasteiger partial charge is 0.495 e. The van der Waals surface area contributed by atoms with Gasteiger partial charge in [0.15, 0.2) is 18.1 Å². The van der Waals surface area contributed by atoms with E-state index in [1.54, 1.807) is 67.6 Å². The van der Waals surface area contributed by atoms with Gasteiger partial charge in [0.05, 0.1) is 30.5 Å². The van der Waals surface area contributed by atoms with Gasteiger partial charge in [-0.2, -0.15) is 5.26 Å². The Morgan fingerprint density at radius 3 is 2.33 bits per heavy atom. The highest BCUT2D eigenvalue weighted by Gasteiger charge is 2.16. The van der Waals surface area contributed by atoms with E-state index in [9.17, 15) is 14.9 Å². The number of para-hydroxylation sites is 2. The lowest BCUT2D eigenvalue weighted by Gasteiger charge is -2.15. The van der Waals surface area contributed by atoms with Gasteiger partial charge in [-0.15, -0.1) is 0 Å². The van der Waals surface area contributed by atoms with Crippen LogP contribution in [0.15, 0.2) is 70.7 Å². The second kappa shape index (κ2) is 14.4. The number of anilines is 2. The van der Waals surface area contributed by atoms with Gasteiger partial charge >= 0.3 is 0 Å². The number of hydrogen-bond acceptors (Lipinski definition) is 7. The Morgan fingerprint density at radius 1 is 0.949 bits per heavy atom. The van der Waals surface area contributed by atoms with E-state index in [-0.39, 0.29) is 12.2 Å². The highest BCUT2D eigenvalue weighted by molar-refractivity contribution is 9.10. The second-order valence-electron chi connectivity index (χ2n) is 7.88. The molecule has 39 heavy (non-hydrogen) atoms. The van der Waals surface area contributed by atoms with E-state index in [1.165, 1.54) is 13.2 Å². The molecule has 0 radical (unpaired) electrons. The van der Waals surface area contributed by atoms with Crippen LogP contribution in [0, 0.1) is 11.3 Å². The van der Waals surface area contributed by atoms with Gasteiger partial charge < -0.3 is 29.6 Å². The lowest BCUT2D eigenvalue weighted by molar-refractivity contribution is -0.118. The van der Waals surface area contributed by atoms with Crippen molar-refractivity contribution in [3.8, 4) is 29.1 Å². The van der Waals surface area contributed by atoms with E-state index in [1.807, 2.05) is 13.0 Å². The molecule has 0 aliphatic rings. The molecule has 9 nitrogen and oxygen atoms in total. The first-order valence-corrected chi connectivity index (χ1v) is 12.9. The number of methoxy groups -OCH3 is 1. The van der Waals surface area contributed by atoms with Gasteiger partial charge in [0.2, 0.25) is 0 Å². The molecule has 2 amide bonds. The Labute approximate surface area is 235 Å². The molecule has 0 spiro atoms. The number of halogens is 1. The summed E-state index contributed by atoms with van der Waals surface area (Å²) in [4.78, 5) is 25.3. The summed E-state index contributed by atoms with van der Waals surface area (Å²) in [5.41, 5.74) is 1.46. The normalized spacial score (nSPS) is 10.7. The highest BCUT2D eigenvalue weighted by atomic mass is 79.9. The molecule has 0 heterocycles. The summed E-state index contributed by atoms with van der Waals surface area (Å²) in [5.74, 6) is 0.894. The summed E-state index contributed by atoms with van der Waals surface area (Å²) in [6.45, 7) is 4.26. The van der Waals surface area contributed by atoms with Gasteiger partial charge in [0, 0.05) is 5.69 Å². The fourth-order valence-electron chi connectivity index (χ4n) is 3.46. The zero-order valence-electron chi connectivity index (χ0n) is 21.7. The molecule has 0 bridgehead atoms. The summed E-state index contributed by atoms with van der Waals surface area (Å²) in [6, 6.07) is 19.1. The van der Waals surface area contributed by atoms with Gasteiger partial charge in [0.1, 0.15) is 23.1 Å². The fraction of sp³-hybridized carbons (Fsp3) is 0.207. The zero-order chi connectivity index (χ0) is 28.2. The fourth-order valence-corrected chi connectivity index (χ4v) is 4.04. The van der Waals surface area contributed by atoms with Crippen molar-refractivity contribution in [2.45, 2.75) is 13.8 Å². The van der Waals surface area contributed by atoms with Crippen LogP contribution in [0.1, 0.15) is 19.4 Å². The van der Waals surface area contributed by atoms with Crippen molar-refractivity contribution in [2.75, 3.05) is 37.6 Å². The molecule has 2 N–H and O–H groups in total. The van der Waals surface area contributed by atoms with Crippen LogP contribution in [0.3, 0.4) is 0 Å². The van der Waals surface area contributed by atoms with Crippen LogP contribution in [0.5, 0.6) is 23.0 Å². The number of rotatable bonds is 12. The minimum Gasteiger partial charge on any atom is -0.495 e. The van der Waals surface area contributed by atoms with E-state index >= 15 is 0 Å². The third-order valence-electron chi connectivity index (χ3n) is 5.16. The van der Waals surface area contributed by atoms with Crippen LogP contribution in [-0.4, -0.2) is 38.7 Å². The van der Waals surface area contributed by atoms with Crippen molar-refractivity contribution in [1.29, 1.82) is 5.26 Å². The first-order valence-electron chi connectivity index (χ1n) is 12.1. The number of nitrogens with one attached hydrogen (secondary N) is 2. The molecule has 0 aromatic heterocycles. The van der Waals surface area contributed by atoms with Crippen LogP contribution in [0.2, 0.25) is 0 Å². The Bertz CT molecular complexity index is 1380. The molecule has 3 rings (SSSR count). The molecule has 0 unspecified atom stereocenters. The number of hydrogen-bond donors (Lipinski definition) is 2. The molecular formula is C29H28BrN3O6. The lowest BCUT2D eigenvalue weighted by Crippen LogP contribution is -2.21. The van der Waals surface area contributed by atoms with Gasteiger partial charge in [-0.3, -0.25) is 9.59 Å². The molecule has 3 aromatic rings. The number of amides is 2. The SMILES string of the molecule is CCOc1ccc(NC(=O)/C(C#N)=C/c2cc(Br)c(OCC(=O)Nc3ccccc3OC)c(OCC)c2)cc1. The highest BCUT2D eigenvalue weighted by Crippen LogP contribution is 2.37. The molecule has 0 atom stereocenters. The Hall–Kier alpha value is -4.49. The van der Waals surface area contributed by atoms with Gasteiger partial charge in [-0.25, -0.2) is 0 Å². The van der Waals surface area contributed by atoms with Crippen LogP contribution < -0.4 is 29.6 Å². The van der Waals surface area contributed by atoms with Crippen molar-refractivity contribution < 1.29 is 28.5 Å². The molecule has 0 aliphatic carbocycles. The van der Waals surface area contributed by atoms with E-state index in [0.29, 0.717) is 57.6 Å². The number of carbonyl (C=O) groups is 2. The number of ether oxygens (including phenoxy) is 4. The number of carbonyl (C=O) groups excluding carboxylic acids is 2. The van der Waals surface area contributed by atoms with Crippen LogP contribution in [-0.2, 0) is 9.59 Å². The predicted molar refractivity (Wildman–Crippen MR) is 152 cm³/mol. The maximum Gasteiger partial charge on any atom is 0.266 e. The van der Waals surface area contributed by atoms with Crippen molar-refractivity contribution in [2.24, 2.45) is 0 Å². The summed E-state index contributed by atoms with van der Waals surface area (Å²) in [5, 5.41) is 15.1. The average molecular weight is 594 g/mol. The monoisotopic (exact) mass is 593 g/mol. The number of benzene rings is 3. The Balaban J connectivity index is 1.75. The zero-order valence-corrected chi connectivity index (χ0v) is 23.3. The average Bonchev–Trinajstić information content (AvgIpc) is 2.93. The van der Waals surface area contributed by atoms with Gasteiger partial charge in [0.25, 0.3) is 11.8 Å². The van der Waals surface area contributed by atoms with E-state index < -0.39 is 11.8 Å². The summed E-state index contributed by atoms with van der Waals surface area (Å²) in [6.07, 6.45) is 1.44. The van der Waals surface area contributed by atoms with Crippen molar-refractivity contribution in [3.05, 3.63) is 76.3 Å². The van der Waals surface area contributed by atoms with E-state index in [2.05, 4.69) is 26.6 Å². The Kier molecular flexibility index (Phi) is 10.8. The topological polar surface area (TPSA) is 119 Å². The molecule has 0 aliphatic heterocycles. The minimum atomic E-state index is -0.566. The minimum absolute atomic E-state index is 0.108. The summed E-state index contributed by atoms with van der Waals surface area (Å²) < 4.78 is 22.6. The quantitative estimate of drug-likeness (QED) is 0.200. The lowest BCUT2D eigenvalue weighted by atomic mass is 10.1.